The average Bonchev–Trinajstić information content (AvgIpc) is 3.57. The zero-order chi connectivity index (χ0) is 29.2. The number of fused-ring (bicyclic) bond motifs is 3. The Morgan fingerprint density at radius 3 is 2.62 bits per heavy atom. The van der Waals surface area contributed by atoms with Gasteiger partial charge in [0, 0.05) is 24.3 Å². The Labute approximate surface area is 241 Å². The lowest BCUT2D eigenvalue weighted by atomic mass is 9.90. The minimum Gasteiger partial charge on any atom is -0.368 e. The normalized spacial score (nSPS) is 23.1. The fourth-order valence-electron chi connectivity index (χ4n) is 6.95. The van der Waals surface area contributed by atoms with Crippen molar-refractivity contribution in [3.05, 3.63) is 76.9 Å². The molecule has 4 aliphatic rings. The van der Waals surface area contributed by atoms with Crippen molar-refractivity contribution in [1.29, 1.82) is 0 Å². The second-order valence-corrected chi connectivity index (χ2v) is 11.9. The summed E-state index contributed by atoms with van der Waals surface area (Å²) in [5.74, 6) is -1.07. The number of nitrogens with zero attached hydrogens (tertiary/aromatic N) is 4. The van der Waals surface area contributed by atoms with Gasteiger partial charge in [0.25, 0.3) is 5.91 Å². The first-order chi connectivity index (χ1) is 20.2. The molecule has 11 heteroatoms. The molecule has 216 valence electrons. The molecule has 1 aromatic heterocycles. The number of aromatic nitrogens is 2. The second kappa shape index (κ2) is 9.78. The third kappa shape index (κ3) is 4.43. The zero-order valence-electron chi connectivity index (χ0n) is 23.0. The molecule has 3 N–H and O–H groups in total. The van der Waals surface area contributed by atoms with Gasteiger partial charge in [-0.2, -0.15) is 5.10 Å². The Balaban J connectivity index is 1.11. The molecule has 2 unspecified atom stereocenters. The summed E-state index contributed by atoms with van der Waals surface area (Å²) in [5, 5.41) is 7.10. The van der Waals surface area contributed by atoms with E-state index >= 15 is 0 Å². The molecule has 7 rings (SSSR count). The quantitative estimate of drug-likeness (QED) is 0.440. The fraction of sp³-hybridized carbons (Fsp3) is 0.387. The highest BCUT2D eigenvalue weighted by molar-refractivity contribution is 6.10. The first-order valence-electron chi connectivity index (χ1n) is 14.4. The molecule has 0 bridgehead atoms. The summed E-state index contributed by atoms with van der Waals surface area (Å²) in [7, 11) is 0. The van der Waals surface area contributed by atoms with Crippen LogP contribution < -0.4 is 11.1 Å². The summed E-state index contributed by atoms with van der Waals surface area (Å²) in [4.78, 5) is 55.0. The largest absolute Gasteiger partial charge is 0.368 e. The zero-order valence-corrected chi connectivity index (χ0v) is 23.0. The highest BCUT2D eigenvalue weighted by Crippen LogP contribution is 2.43. The van der Waals surface area contributed by atoms with Gasteiger partial charge in [0.15, 0.2) is 0 Å². The van der Waals surface area contributed by atoms with Crippen molar-refractivity contribution in [2.24, 2.45) is 11.7 Å². The van der Waals surface area contributed by atoms with Crippen LogP contribution in [0.25, 0.3) is 11.1 Å². The van der Waals surface area contributed by atoms with Crippen LogP contribution in [0.3, 0.4) is 0 Å². The number of rotatable bonds is 6. The second-order valence-electron chi connectivity index (χ2n) is 11.9. The molecular weight excluding hydrogens is 539 g/mol. The van der Waals surface area contributed by atoms with Crippen molar-refractivity contribution in [1.82, 2.24) is 24.9 Å². The van der Waals surface area contributed by atoms with Gasteiger partial charge in [-0.1, -0.05) is 24.3 Å². The van der Waals surface area contributed by atoms with Crippen LogP contribution in [0.15, 0.2) is 48.8 Å². The van der Waals surface area contributed by atoms with E-state index < -0.39 is 23.4 Å². The van der Waals surface area contributed by atoms with Crippen LogP contribution in [-0.2, 0) is 45.9 Å². The number of urea groups is 1. The first-order valence-corrected chi connectivity index (χ1v) is 14.4. The Morgan fingerprint density at radius 2 is 1.83 bits per heavy atom. The lowest BCUT2D eigenvalue weighted by molar-refractivity contribution is -0.141. The molecule has 2 aromatic carbocycles. The van der Waals surface area contributed by atoms with Gasteiger partial charge in [0.2, 0.25) is 11.8 Å². The van der Waals surface area contributed by atoms with E-state index in [1.165, 1.54) is 10.7 Å². The standard InChI is InChI=1S/C31H31FN6O4/c32-24-6-3-22-15-37(26(18-1-2-18)8-5-20(22)12-24)28(40)17-38-29(41)31(35-30(38)42)10-9-21-11-19(4-7-25(21)31)23-13-34-36(14-23)16-27(33)39/h3-4,6-7,11-14,18,26H,1-2,5,8-10,15-17H2,(H2,33,39)(H,35,42). The maximum atomic E-state index is 13.9. The number of primary amides is 1. The number of hydrogen-bond donors (Lipinski definition) is 2. The summed E-state index contributed by atoms with van der Waals surface area (Å²) in [6.07, 6.45) is 7.86. The van der Waals surface area contributed by atoms with E-state index in [-0.39, 0.29) is 30.9 Å². The molecule has 1 spiro atoms. The Kier molecular flexibility index (Phi) is 6.14. The average molecular weight is 571 g/mol. The topological polar surface area (TPSA) is 131 Å². The van der Waals surface area contributed by atoms with Gasteiger partial charge in [0.05, 0.1) is 6.20 Å². The number of aryl methyl sites for hydroxylation is 2. The smallest absolute Gasteiger partial charge is 0.325 e. The van der Waals surface area contributed by atoms with Gasteiger partial charge >= 0.3 is 6.03 Å². The van der Waals surface area contributed by atoms with E-state index in [9.17, 15) is 23.6 Å². The molecule has 2 atom stereocenters. The summed E-state index contributed by atoms with van der Waals surface area (Å²) in [5.41, 5.74) is 9.21. The van der Waals surface area contributed by atoms with Gasteiger partial charge in [0.1, 0.15) is 24.4 Å². The lowest BCUT2D eigenvalue weighted by Gasteiger charge is -2.31. The molecule has 2 aliphatic heterocycles. The molecule has 0 radical (unpaired) electrons. The number of amides is 5. The number of benzene rings is 2. The van der Waals surface area contributed by atoms with Crippen LogP contribution >= 0.6 is 0 Å². The number of carbonyl (C=O) groups is 4. The molecule has 1 saturated heterocycles. The predicted octanol–water partition coefficient (Wildman–Crippen LogP) is 2.62. The van der Waals surface area contributed by atoms with Gasteiger partial charge in [-0.15, -0.1) is 0 Å². The molecule has 2 fully saturated rings. The Bertz CT molecular complexity index is 1650. The maximum absolute atomic E-state index is 13.9. The molecule has 2 aliphatic carbocycles. The number of halogens is 1. The van der Waals surface area contributed by atoms with Crippen LogP contribution in [-0.4, -0.2) is 55.9 Å². The van der Waals surface area contributed by atoms with Gasteiger partial charge in [-0.3, -0.25) is 24.0 Å². The van der Waals surface area contributed by atoms with Gasteiger partial charge in [-0.25, -0.2) is 9.18 Å². The van der Waals surface area contributed by atoms with Gasteiger partial charge in [-0.05, 0) is 84.4 Å². The van der Waals surface area contributed by atoms with Crippen molar-refractivity contribution < 1.29 is 23.6 Å². The van der Waals surface area contributed by atoms with Crippen molar-refractivity contribution in [3.8, 4) is 11.1 Å². The van der Waals surface area contributed by atoms with E-state index in [2.05, 4.69) is 10.4 Å². The van der Waals surface area contributed by atoms with Crippen molar-refractivity contribution in [3.63, 3.8) is 0 Å². The van der Waals surface area contributed by atoms with E-state index in [0.717, 1.165) is 57.5 Å². The lowest BCUT2D eigenvalue weighted by Crippen LogP contribution is -2.48. The number of nitrogens with one attached hydrogen (secondary N) is 1. The number of carbonyl (C=O) groups excluding carboxylic acids is 4. The number of hydrogen-bond acceptors (Lipinski definition) is 5. The van der Waals surface area contributed by atoms with Crippen LogP contribution in [0.5, 0.6) is 0 Å². The monoisotopic (exact) mass is 570 g/mol. The van der Waals surface area contributed by atoms with E-state index in [4.69, 9.17) is 5.73 Å². The van der Waals surface area contributed by atoms with Gasteiger partial charge < -0.3 is 16.0 Å². The van der Waals surface area contributed by atoms with Crippen molar-refractivity contribution in [2.75, 3.05) is 6.54 Å². The summed E-state index contributed by atoms with van der Waals surface area (Å²) in [6.45, 7) is -0.0162. The SMILES string of the molecule is NC(=O)Cn1cc(-c2ccc3c(c2)CCC32NC(=O)N(CC(=O)N3Cc4ccc(F)cc4CCC3C3CC3)C2=O)cn1. The molecule has 5 amide bonds. The number of imide groups is 1. The first kappa shape index (κ1) is 26.4. The van der Waals surface area contributed by atoms with E-state index in [1.807, 2.05) is 18.2 Å². The summed E-state index contributed by atoms with van der Waals surface area (Å²) < 4.78 is 15.4. The fourth-order valence-corrected chi connectivity index (χ4v) is 6.95. The minimum atomic E-state index is -1.21. The third-order valence-electron chi connectivity index (χ3n) is 9.19. The van der Waals surface area contributed by atoms with E-state index in [0.29, 0.717) is 31.7 Å². The highest BCUT2D eigenvalue weighted by Gasteiger charge is 2.56. The molecule has 10 nitrogen and oxygen atoms in total. The molecule has 1 saturated carbocycles. The third-order valence-corrected chi connectivity index (χ3v) is 9.19. The van der Waals surface area contributed by atoms with Crippen molar-refractivity contribution >= 4 is 23.8 Å². The molecule has 42 heavy (non-hydrogen) atoms. The maximum Gasteiger partial charge on any atom is 0.325 e. The molecule has 3 heterocycles. The van der Waals surface area contributed by atoms with Crippen LogP contribution in [0.1, 0.15) is 47.9 Å². The predicted molar refractivity (Wildman–Crippen MR) is 149 cm³/mol. The molecule has 3 aromatic rings. The minimum absolute atomic E-state index is 0.000596. The highest BCUT2D eigenvalue weighted by atomic mass is 19.1. The summed E-state index contributed by atoms with van der Waals surface area (Å²) >= 11 is 0. The Hall–Kier alpha value is -4.54. The van der Waals surface area contributed by atoms with Crippen LogP contribution in [0, 0.1) is 11.7 Å². The Morgan fingerprint density at radius 1 is 1.00 bits per heavy atom. The van der Waals surface area contributed by atoms with Crippen LogP contribution in [0.2, 0.25) is 0 Å². The van der Waals surface area contributed by atoms with E-state index in [1.54, 1.807) is 29.4 Å². The van der Waals surface area contributed by atoms with Crippen molar-refractivity contribution in [2.45, 2.75) is 63.2 Å². The van der Waals surface area contributed by atoms with Crippen LogP contribution in [0.4, 0.5) is 9.18 Å². The number of nitrogens with two attached hydrogens (primary N) is 1. The summed E-state index contributed by atoms with van der Waals surface area (Å²) in [6, 6.07) is 9.80. The molecular formula is C31H31FN6O4.